The van der Waals surface area contributed by atoms with Crippen LogP contribution in [0.5, 0.6) is 0 Å². The van der Waals surface area contributed by atoms with E-state index in [9.17, 15) is 14.4 Å². The second kappa shape index (κ2) is 8.35. The Kier molecular flexibility index (Phi) is 5.91. The fourth-order valence-electron chi connectivity index (χ4n) is 2.92. The zero-order chi connectivity index (χ0) is 19.4. The molecule has 1 aliphatic rings. The highest BCUT2D eigenvalue weighted by Gasteiger charge is 2.24. The largest absolute Gasteiger partial charge is 0.455 e. The van der Waals surface area contributed by atoms with E-state index in [2.05, 4.69) is 5.32 Å². The number of hydrogen-bond acceptors (Lipinski definition) is 5. The Morgan fingerprint density at radius 1 is 1.26 bits per heavy atom. The Morgan fingerprint density at radius 2 is 2.07 bits per heavy atom. The minimum Gasteiger partial charge on any atom is -0.455 e. The van der Waals surface area contributed by atoms with Crippen LogP contribution in [0.2, 0.25) is 0 Å². The monoisotopic (exact) mass is 386 g/mol. The Balaban J connectivity index is 1.68. The van der Waals surface area contributed by atoms with Gasteiger partial charge in [0.05, 0.1) is 10.8 Å². The molecule has 27 heavy (non-hydrogen) atoms. The van der Waals surface area contributed by atoms with Crippen LogP contribution < -0.4 is 10.2 Å². The summed E-state index contributed by atoms with van der Waals surface area (Å²) in [4.78, 5) is 38.6. The van der Waals surface area contributed by atoms with Gasteiger partial charge >= 0.3 is 5.97 Å². The lowest BCUT2D eigenvalue weighted by Crippen LogP contribution is -2.35. The Bertz CT molecular complexity index is 846. The molecule has 6 nitrogen and oxygen atoms in total. The Morgan fingerprint density at radius 3 is 2.78 bits per heavy atom. The molecular formula is C20H22N2O4S. The maximum Gasteiger partial charge on any atom is 0.308 e. The zero-order valence-corrected chi connectivity index (χ0v) is 16.2. The molecule has 1 aromatic carbocycles. The first-order chi connectivity index (χ1) is 13.0. The van der Waals surface area contributed by atoms with E-state index in [1.54, 1.807) is 24.8 Å². The van der Waals surface area contributed by atoms with Crippen LogP contribution in [0.25, 0.3) is 0 Å². The van der Waals surface area contributed by atoms with Gasteiger partial charge in [0.1, 0.15) is 0 Å². The van der Waals surface area contributed by atoms with Gasteiger partial charge in [-0.3, -0.25) is 14.4 Å². The van der Waals surface area contributed by atoms with Gasteiger partial charge in [-0.1, -0.05) is 19.9 Å². The maximum absolute atomic E-state index is 12.7. The lowest BCUT2D eigenvalue weighted by molar-refractivity contribution is -0.150. The highest BCUT2D eigenvalue weighted by atomic mass is 32.1. The molecule has 1 aromatic heterocycles. The molecule has 7 heteroatoms. The van der Waals surface area contributed by atoms with Gasteiger partial charge < -0.3 is 15.0 Å². The summed E-state index contributed by atoms with van der Waals surface area (Å²) >= 11 is 1.43. The van der Waals surface area contributed by atoms with Crippen molar-refractivity contribution in [3.8, 4) is 0 Å². The van der Waals surface area contributed by atoms with Crippen molar-refractivity contribution in [3.63, 3.8) is 0 Å². The molecule has 0 radical (unpaired) electrons. The number of rotatable bonds is 5. The summed E-state index contributed by atoms with van der Waals surface area (Å²) in [5.41, 5.74) is 2.52. The van der Waals surface area contributed by atoms with E-state index >= 15 is 0 Å². The number of hydrogen-bond donors (Lipinski definition) is 1. The second-order valence-corrected chi connectivity index (χ2v) is 7.64. The van der Waals surface area contributed by atoms with Crippen LogP contribution in [0.3, 0.4) is 0 Å². The summed E-state index contributed by atoms with van der Waals surface area (Å²) < 4.78 is 4.94. The molecule has 1 aliphatic heterocycles. The molecule has 0 bridgehead atoms. The summed E-state index contributed by atoms with van der Waals surface area (Å²) in [7, 11) is 0. The molecule has 2 aromatic rings. The Labute approximate surface area is 162 Å². The van der Waals surface area contributed by atoms with Crippen LogP contribution in [0.4, 0.5) is 11.4 Å². The van der Waals surface area contributed by atoms with Crippen molar-refractivity contribution < 1.29 is 19.1 Å². The van der Waals surface area contributed by atoms with Gasteiger partial charge in [-0.25, -0.2) is 0 Å². The van der Waals surface area contributed by atoms with Gasteiger partial charge in [0.2, 0.25) is 0 Å². The topological polar surface area (TPSA) is 75.7 Å². The average molecular weight is 386 g/mol. The molecular weight excluding hydrogens is 364 g/mol. The summed E-state index contributed by atoms with van der Waals surface area (Å²) in [5.74, 6) is -1.05. The van der Waals surface area contributed by atoms with Crippen molar-refractivity contribution in [1.29, 1.82) is 0 Å². The van der Waals surface area contributed by atoms with E-state index in [4.69, 9.17) is 4.74 Å². The first-order valence-electron chi connectivity index (χ1n) is 8.90. The number of carbonyl (C=O) groups excluding carboxylic acids is 3. The number of fused-ring (bicyclic) bond motifs is 1. The SMILES string of the molecule is CC(C)C(=O)OCC(=O)Nc1ccc2c(c1)CCCN2C(=O)c1cccs1. The van der Waals surface area contributed by atoms with Crippen molar-refractivity contribution in [2.45, 2.75) is 26.7 Å². The predicted octanol–water partition coefficient (Wildman–Crippen LogP) is 3.48. The fourth-order valence-corrected chi connectivity index (χ4v) is 3.59. The summed E-state index contributed by atoms with van der Waals surface area (Å²) in [6.07, 6.45) is 1.71. The second-order valence-electron chi connectivity index (χ2n) is 6.69. The van der Waals surface area contributed by atoms with Crippen molar-refractivity contribution in [3.05, 3.63) is 46.2 Å². The minimum atomic E-state index is -0.404. The number of carbonyl (C=O) groups is 3. The molecule has 0 aliphatic carbocycles. The van der Waals surface area contributed by atoms with Crippen molar-refractivity contribution >= 4 is 40.5 Å². The van der Waals surface area contributed by atoms with Crippen molar-refractivity contribution in [1.82, 2.24) is 0 Å². The Hall–Kier alpha value is -2.67. The van der Waals surface area contributed by atoms with Gasteiger partial charge in [0.25, 0.3) is 11.8 Å². The fraction of sp³-hybridized carbons (Fsp3) is 0.350. The number of nitrogens with one attached hydrogen (secondary N) is 1. The van der Waals surface area contributed by atoms with Gasteiger partial charge in [0, 0.05) is 17.9 Å². The third-order valence-corrected chi connectivity index (χ3v) is 5.13. The lowest BCUT2D eigenvalue weighted by atomic mass is 10.0. The summed E-state index contributed by atoms with van der Waals surface area (Å²) in [6.45, 7) is 3.80. The molecule has 0 saturated carbocycles. The van der Waals surface area contributed by atoms with Crippen LogP contribution in [0, 0.1) is 5.92 Å². The highest BCUT2D eigenvalue weighted by molar-refractivity contribution is 7.12. The van der Waals surface area contributed by atoms with Crippen LogP contribution in [0.15, 0.2) is 35.7 Å². The molecule has 0 spiro atoms. The van der Waals surface area contributed by atoms with Crippen LogP contribution in [0.1, 0.15) is 35.5 Å². The first kappa shape index (κ1) is 19.1. The normalized spacial score (nSPS) is 13.2. The number of anilines is 2. The number of thiophene rings is 1. The van der Waals surface area contributed by atoms with Crippen LogP contribution >= 0.6 is 11.3 Å². The molecule has 0 unspecified atom stereocenters. The third-order valence-electron chi connectivity index (χ3n) is 4.28. The summed E-state index contributed by atoms with van der Waals surface area (Å²) in [5, 5.41) is 4.63. The third kappa shape index (κ3) is 4.54. The number of amides is 2. The van der Waals surface area contributed by atoms with E-state index in [-0.39, 0.29) is 24.3 Å². The number of aryl methyl sites for hydroxylation is 1. The lowest BCUT2D eigenvalue weighted by Gasteiger charge is -2.29. The van der Waals surface area contributed by atoms with E-state index in [0.29, 0.717) is 17.1 Å². The van der Waals surface area contributed by atoms with E-state index in [1.165, 1.54) is 11.3 Å². The van der Waals surface area contributed by atoms with E-state index in [0.717, 1.165) is 24.1 Å². The van der Waals surface area contributed by atoms with Crippen molar-refractivity contribution in [2.75, 3.05) is 23.4 Å². The van der Waals surface area contributed by atoms with E-state index < -0.39 is 5.97 Å². The molecule has 0 fully saturated rings. The predicted molar refractivity (Wildman–Crippen MR) is 105 cm³/mol. The first-order valence-corrected chi connectivity index (χ1v) is 9.78. The zero-order valence-electron chi connectivity index (χ0n) is 15.4. The van der Waals surface area contributed by atoms with Gasteiger partial charge in [-0.05, 0) is 48.1 Å². The summed E-state index contributed by atoms with van der Waals surface area (Å²) in [6, 6.07) is 9.20. The molecule has 3 rings (SSSR count). The molecule has 0 saturated heterocycles. The number of nitrogens with zero attached hydrogens (tertiary/aromatic N) is 1. The van der Waals surface area contributed by atoms with E-state index in [1.807, 2.05) is 29.6 Å². The van der Waals surface area contributed by atoms with Gasteiger partial charge in [-0.2, -0.15) is 0 Å². The van der Waals surface area contributed by atoms with Crippen molar-refractivity contribution in [2.24, 2.45) is 5.92 Å². The molecule has 1 N–H and O–H groups in total. The van der Waals surface area contributed by atoms with Crippen LogP contribution in [-0.4, -0.2) is 30.9 Å². The molecule has 142 valence electrons. The van der Waals surface area contributed by atoms with Gasteiger partial charge in [0.15, 0.2) is 6.61 Å². The quantitative estimate of drug-likeness (QED) is 0.799. The smallest absolute Gasteiger partial charge is 0.308 e. The minimum absolute atomic E-state index is 0.00309. The molecule has 0 atom stereocenters. The standard InChI is InChI=1S/C20H22N2O4S/c1-13(2)20(25)26-12-18(23)21-15-7-8-16-14(11-15)5-3-9-22(16)19(24)17-6-4-10-27-17/h4,6-8,10-11,13H,3,5,9,12H2,1-2H3,(H,21,23). The maximum atomic E-state index is 12.7. The average Bonchev–Trinajstić information content (AvgIpc) is 3.19. The van der Waals surface area contributed by atoms with Gasteiger partial charge in [-0.15, -0.1) is 11.3 Å². The number of benzene rings is 1. The van der Waals surface area contributed by atoms with Crippen LogP contribution in [-0.2, 0) is 20.7 Å². The highest BCUT2D eigenvalue weighted by Crippen LogP contribution is 2.31. The molecule has 2 amide bonds. The number of esters is 1. The number of ether oxygens (including phenoxy) is 1. The molecule has 2 heterocycles.